The van der Waals surface area contributed by atoms with Gasteiger partial charge in [0.05, 0.1) is 5.92 Å². The highest BCUT2D eigenvalue weighted by Gasteiger charge is 2.36. The van der Waals surface area contributed by atoms with E-state index in [1.54, 1.807) is 0 Å². The number of nitrogens with two attached hydrogens (primary N) is 1. The molecule has 1 rings (SSSR count). The predicted octanol–water partition coefficient (Wildman–Crippen LogP) is -0.323. The lowest BCUT2D eigenvalue weighted by Gasteiger charge is -2.14. The lowest BCUT2D eigenvalue weighted by molar-refractivity contribution is -0.143. The number of hydrogen-bond acceptors (Lipinski definition) is 4. The Balaban J connectivity index is 2.35. The lowest BCUT2D eigenvalue weighted by Crippen LogP contribution is -2.19. The van der Waals surface area contributed by atoms with Gasteiger partial charge in [-0.1, -0.05) is 12.8 Å². The molecule has 0 saturated heterocycles. The average Bonchev–Trinajstić information content (AvgIpc) is 2.46. The van der Waals surface area contributed by atoms with Crippen LogP contribution in [-0.2, 0) is 4.79 Å². The molecule has 0 heterocycles. The molecule has 0 amide bonds. The highest BCUT2D eigenvalue weighted by Crippen LogP contribution is 2.34. The standard InChI is InChI=1S/C9H18BNO4/c11-7-4-6(2-1-3-10(14)15)8(5-7)9(12)13/h6-8,14-15H,1-5,11H2,(H,12,13). The maximum Gasteiger partial charge on any atom is 0.451 e. The van der Waals surface area contributed by atoms with E-state index in [0.717, 1.165) is 6.42 Å². The highest BCUT2D eigenvalue weighted by molar-refractivity contribution is 6.40. The molecule has 0 spiro atoms. The van der Waals surface area contributed by atoms with Crippen LogP contribution < -0.4 is 5.73 Å². The molecule has 1 saturated carbocycles. The molecular weight excluding hydrogens is 197 g/mol. The smallest absolute Gasteiger partial charge is 0.451 e. The molecule has 86 valence electrons. The number of carbonyl (C=O) groups is 1. The van der Waals surface area contributed by atoms with Crippen molar-refractivity contribution in [3.05, 3.63) is 0 Å². The Labute approximate surface area is 89.4 Å². The first-order valence-electron chi connectivity index (χ1n) is 5.35. The summed E-state index contributed by atoms with van der Waals surface area (Å²) in [6, 6.07) is -0.0184. The molecule has 3 unspecified atom stereocenters. The number of carboxylic acids is 1. The topological polar surface area (TPSA) is 104 Å². The van der Waals surface area contributed by atoms with Gasteiger partial charge in [-0.2, -0.15) is 0 Å². The fourth-order valence-corrected chi connectivity index (χ4v) is 2.35. The number of aliphatic carboxylic acids is 1. The van der Waals surface area contributed by atoms with Crippen LogP contribution in [0.4, 0.5) is 0 Å². The fourth-order valence-electron chi connectivity index (χ4n) is 2.35. The number of carboxylic acid groups (broad SMARTS) is 1. The van der Waals surface area contributed by atoms with Gasteiger partial charge in [0, 0.05) is 6.04 Å². The summed E-state index contributed by atoms with van der Waals surface area (Å²) < 4.78 is 0. The second kappa shape index (κ2) is 5.49. The van der Waals surface area contributed by atoms with E-state index in [4.69, 9.17) is 20.9 Å². The molecular formula is C9H18BNO4. The molecule has 5 nitrogen and oxygen atoms in total. The Kier molecular flexibility index (Phi) is 4.57. The summed E-state index contributed by atoms with van der Waals surface area (Å²) in [4.78, 5) is 10.9. The van der Waals surface area contributed by atoms with E-state index in [9.17, 15) is 4.79 Å². The summed E-state index contributed by atoms with van der Waals surface area (Å²) >= 11 is 0. The second-order valence-corrected chi connectivity index (χ2v) is 4.35. The van der Waals surface area contributed by atoms with Crippen LogP contribution in [0.3, 0.4) is 0 Å². The third kappa shape index (κ3) is 3.81. The van der Waals surface area contributed by atoms with Gasteiger partial charge in [-0.25, -0.2) is 0 Å². The monoisotopic (exact) mass is 215 g/mol. The normalized spacial score (nSPS) is 30.5. The largest absolute Gasteiger partial charge is 0.481 e. The van der Waals surface area contributed by atoms with Gasteiger partial charge >= 0.3 is 13.1 Å². The molecule has 0 aromatic heterocycles. The van der Waals surface area contributed by atoms with Gasteiger partial charge in [-0.15, -0.1) is 0 Å². The fraction of sp³-hybridized carbons (Fsp3) is 0.889. The Hall–Kier alpha value is -0.585. The first-order valence-corrected chi connectivity index (χ1v) is 5.35. The molecule has 6 heteroatoms. The molecule has 0 aliphatic heterocycles. The molecule has 1 fully saturated rings. The maximum atomic E-state index is 10.9. The molecule has 1 aliphatic rings. The molecule has 0 radical (unpaired) electrons. The van der Waals surface area contributed by atoms with Crippen LogP contribution in [0.15, 0.2) is 0 Å². The van der Waals surface area contributed by atoms with Crippen molar-refractivity contribution in [2.45, 2.75) is 38.0 Å². The minimum absolute atomic E-state index is 0.0184. The summed E-state index contributed by atoms with van der Waals surface area (Å²) in [6.07, 6.45) is 2.93. The quantitative estimate of drug-likeness (QED) is 0.470. The van der Waals surface area contributed by atoms with Crippen molar-refractivity contribution >= 4 is 13.1 Å². The molecule has 5 N–H and O–H groups in total. The van der Waals surface area contributed by atoms with Crippen LogP contribution in [-0.4, -0.2) is 34.3 Å². The molecule has 0 bridgehead atoms. The lowest BCUT2D eigenvalue weighted by atomic mass is 9.80. The Morgan fingerprint density at radius 2 is 2.07 bits per heavy atom. The SMILES string of the molecule is NC1CC(CCCB(O)O)C(C(=O)O)C1. The van der Waals surface area contributed by atoms with Crippen LogP contribution in [0.25, 0.3) is 0 Å². The van der Waals surface area contributed by atoms with E-state index >= 15 is 0 Å². The zero-order chi connectivity index (χ0) is 11.4. The molecule has 15 heavy (non-hydrogen) atoms. The van der Waals surface area contributed by atoms with Gasteiger partial charge in [-0.05, 0) is 25.1 Å². The van der Waals surface area contributed by atoms with Crippen LogP contribution in [0.2, 0.25) is 6.32 Å². The Morgan fingerprint density at radius 1 is 1.40 bits per heavy atom. The second-order valence-electron chi connectivity index (χ2n) is 4.35. The van der Waals surface area contributed by atoms with E-state index < -0.39 is 13.1 Å². The zero-order valence-corrected chi connectivity index (χ0v) is 8.67. The molecule has 1 aliphatic carbocycles. The van der Waals surface area contributed by atoms with Crippen molar-refractivity contribution in [3.8, 4) is 0 Å². The summed E-state index contributed by atoms with van der Waals surface area (Å²) in [5.74, 6) is -1.04. The van der Waals surface area contributed by atoms with E-state index in [1.807, 2.05) is 0 Å². The minimum Gasteiger partial charge on any atom is -0.481 e. The third-order valence-corrected chi connectivity index (χ3v) is 3.09. The molecule has 0 aromatic rings. The maximum absolute atomic E-state index is 10.9. The summed E-state index contributed by atoms with van der Waals surface area (Å²) in [6.45, 7) is 0. The number of rotatable bonds is 5. The van der Waals surface area contributed by atoms with Crippen LogP contribution in [0.1, 0.15) is 25.7 Å². The Bertz CT molecular complexity index is 224. The minimum atomic E-state index is -1.29. The molecule has 0 aromatic carbocycles. The summed E-state index contributed by atoms with van der Waals surface area (Å²) in [5.41, 5.74) is 5.72. The summed E-state index contributed by atoms with van der Waals surface area (Å²) in [5, 5.41) is 26.3. The third-order valence-electron chi connectivity index (χ3n) is 3.09. The van der Waals surface area contributed by atoms with Crippen molar-refractivity contribution < 1.29 is 19.9 Å². The predicted molar refractivity (Wildman–Crippen MR) is 56.1 cm³/mol. The van der Waals surface area contributed by atoms with Crippen molar-refractivity contribution in [3.63, 3.8) is 0 Å². The van der Waals surface area contributed by atoms with E-state index in [-0.39, 0.29) is 17.9 Å². The van der Waals surface area contributed by atoms with Gasteiger partial charge in [0.25, 0.3) is 0 Å². The van der Waals surface area contributed by atoms with E-state index in [0.29, 0.717) is 25.6 Å². The van der Waals surface area contributed by atoms with Gasteiger partial charge in [0.1, 0.15) is 0 Å². The first-order chi connectivity index (χ1) is 7.00. The van der Waals surface area contributed by atoms with Gasteiger partial charge in [-0.3, -0.25) is 4.79 Å². The average molecular weight is 215 g/mol. The highest BCUT2D eigenvalue weighted by atomic mass is 16.4. The van der Waals surface area contributed by atoms with Gasteiger partial charge in [0.2, 0.25) is 0 Å². The van der Waals surface area contributed by atoms with Crippen molar-refractivity contribution in [1.82, 2.24) is 0 Å². The van der Waals surface area contributed by atoms with Crippen molar-refractivity contribution in [1.29, 1.82) is 0 Å². The van der Waals surface area contributed by atoms with Crippen LogP contribution in [0.5, 0.6) is 0 Å². The first kappa shape index (κ1) is 12.5. The van der Waals surface area contributed by atoms with Gasteiger partial charge in [0.15, 0.2) is 0 Å². The van der Waals surface area contributed by atoms with E-state index in [2.05, 4.69) is 0 Å². The van der Waals surface area contributed by atoms with Crippen LogP contribution in [0, 0.1) is 11.8 Å². The van der Waals surface area contributed by atoms with Crippen LogP contribution >= 0.6 is 0 Å². The van der Waals surface area contributed by atoms with E-state index in [1.165, 1.54) is 0 Å². The number of hydrogen-bond donors (Lipinski definition) is 4. The Morgan fingerprint density at radius 3 is 2.60 bits per heavy atom. The van der Waals surface area contributed by atoms with Crippen molar-refractivity contribution in [2.24, 2.45) is 17.6 Å². The summed E-state index contributed by atoms with van der Waals surface area (Å²) in [7, 11) is -1.29. The van der Waals surface area contributed by atoms with Crippen molar-refractivity contribution in [2.75, 3.05) is 0 Å². The molecule has 3 atom stereocenters. The zero-order valence-electron chi connectivity index (χ0n) is 8.67. The van der Waals surface area contributed by atoms with Gasteiger partial charge < -0.3 is 20.9 Å².